The Bertz CT molecular complexity index is 218. The van der Waals surface area contributed by atoms with E-state index in [1.807, 2.05) is 0 Å². The van der Waals surface area contributed by atoms with Gasteiger partial charge in [0, 0.05) is 5.56 Å². The summed E-state index contributed by atoms with van der Waals surface area (Å²) in [4.78, 5) is 0. The molecule has 0 aliphatic heterocycles. The van der Waals surface area contributed by atoms with Crippen LogP contribution in [0.1, 0.15) is 17.6 Å². The number of benzene rings is 1. The molecule has 0 N–H and O–H groups in total. The van der Waals surface area contributed by atoms with Crippen LogP contribution >= 0.6 is 0 Å². The van der Waals surface area contributed by atoms with Crippen molar-refractivity contribution in [2.75, 3.05) is 0 Å². The molecule has 1 aromatic rings. The van der Waals surface area contributed by atoms with E-state index in [0.717, 1.165) is 5.56 Å². The molecule has 53 valence electrons. The Labute approximate surface area is 58.5 Å². The van der Waals surface area contributed by atoms with Crippen LogP contribution in [0, 0.1) is 13.0 Å². The summed E-state index contributed by atoms with van der Waals surface area (Å²) in [6.45, 7) is 1.74. The molecule has 1 radical (unpaired) electrons. The highest BCUT2D eigenvalue weighted by molar-refractivity contribution is 5.21. The van der Waals surface area contributed by atoms with E-state index >= 15 is 0 Å². The van der Waals surface area contributed by atoms with E-state index in [2.05, 4.69) is 6.07 Å². The van der Waals surface area contributed by atoms with Crippen LogP contribution in [0.25, 0.3) is 0 Å². The fourth-order valence-corrected chi connectivity index (χ4v) is 0.745. The summed E-state index contributed by atoms with van der Waals surface area (Å²) in [5.41, 5.74) is 0.814. The Morgan fingerprint density at radius 2 is 2.20 bits per heavy atom. The third-order valence-corrected chi connectivity index (χ3v) is 1.22. The quantitative estimate of drug-likeness (QED) is 0.564. The first-order valence-electron chi connectivity index (χ1n) is 2.96. The molecule has 0 bridgehead atoms. The van der Waals surface area contributed by atoms with E-state index in [0.29, 0.717) is 0 Å². The monoisotopic (exact) mass is 141 g/mol. The second-order valence-electron chi connectivity index (χ2n) is 2.11. The Morgan fingerprint density at radius 1 is 1.50 bits per heavy atom. The van der Waals surface area contributed by atoms with Crippen LogP contribution < -0.4 is 0 Å². The van der Waals surface area contributed by atoms with Crippen LogP contribution in [0.15, 0.2) is 18.2 Å². The van der Waals surface area contributed by atoms with Gasteiger partial charge in [0.15, 0.2) is 0 Å². The van der Waals surface area contributed by atoms with Crippen molar-refractivity contribution in [3.63, 3.8) is 0 Å². The summed E-state index contributed by atoms with van der Waals surface area (Å²) in [5.74, 6) is 0. The molecule has 10 heavy (non-hydrogen) atoms. The van der Waals surface area contributed by atoms with Gasteiger partial charge in [0.1, 0.15) is 0 Å². The Morgan fingerprint density at radius 3 is 2.60 bits per heavy atom. The lowest BCUT2D eigenvalue weighted by Crippen LogP contribution is -1.83. The summed E-state index contributed by atoms with van der Waals surface area (Å²) in [6.07, 6.45) is -2.37. The Balaban J connectivity index is 2.96. The number of hydrogen-bond acceptors (Lipinski definition) is 0. The second-order valence-corrected chi connectivity index (χ2v) is 2.11. The van der Waals surface area contributed by atoms with Gasteiger partial charge in [-0.15, -0.1) is 0 Å². The van der Waals surface area contributed by atoms with Crippen molar-refractivity contribution in [1.82, 2.24) is 0 Å². The van der Waals surface area contributed by atoms with E-state index < -0.39 is 6.43 Å². The van der Waals surface area contributed by atoms with Gasteiger partial charge in [-0.05, 0) is 24.6 Å². The van der Waals surface area contributed by atoms with Crippen LogP contribution in [0.3, 0.4) is 0 Å². The van der Waals surface area contributed by atoms with Gasteiger partial charge in [-0.3, -0.25) is 0 Å². The number of alkyl halides is 2. The largest absolute Gasteiger partial charge is 0.263 e. The zero-order chi connectivity index (χ0) is 7.56. The predicted octanol–water partition coefficient (Wildman–Crippen LogP) is 2.73. The number of halogens is 2. The predicted molar refractivity (Wildman–Crippen MR) is 35.0 cm³/mol. The lowest BCUT2D eigenvalue weighted by Gasteiger charge is -1.98. The van der Waals surface area contributed by atoms with E-state index in [-0.39, 0.29) is 5.56 Å². The molecule has 0 aliphatic rings. The van der Waals surface area contributed by atoms with Crippen molar-refractivity contribution in [1.29, 1.82) is 0 Å². The summed E-state index contributed by atoms with van der Waals surface area (Å²) in [7, 11) is 0. The minimum atomic E-state index is -2.37. The van der Waals surface area contributed by atoms with Gasteiger partial charge in [0.2, 0.25) is 0 Å². The molecule has 0 spiro atoms. The van der Waals surface area contributed by atoms with E-state index in [4.69, 9.17) is 0 Å². The minimum Gasteiger partial charge on any atom is -0.205 e. The van der Waals surface area contributed by atoms with Gasteiger partial charge < -0.3 is 0 Å². The Kier molecular flexibility index (Phi) is 2.00. The molecule has 0 atom stereocenters. The van der Waals surface area contributed by atoms with Gasteiger partial charge in [-0.25, -0.2) is 8.78 Å². The van der Waals surface area contributed by atoms with Crippen LogP contribution in [0.2, 0.25) is 0 Å². The summed E-state index contributed by atoms with van der Waals surface area (Å²) in [6, 6.07) is 7.11. The maximum atomic E-state index is 11.9. The second kappa shape index (κ2) is 2.78. The highest BCUT2D eigenvalue weighted by Crippen LogP contribution is 2.18. The lowest BCUT2D eigenvalue weighted by molar-refractivity contribution is 0.151. The molecule has 0 fully saturated rings. The molecule has 0 nitrogen and oxygen atoms in total. The summed E-state index contributed by atoms with van der Waals surface area (Å²) in [5, 5.41) is 0. The van der Waals surface area contributed by atoms with Crippen LogP contribution in [-0.2, 0) is 0 Å². The third kappa shape index (κ3) is 1.53. The zero-order valence-corrected chi connectivity index (χ0v) is 5.57. The average Bonchev–Trinajstić information content (AvgIpc) is 1.88. The van der Waals surface area contributed by atoms with E-state index in [1.54, 1.807) is 6.92 Å². The highest BCUT2D eigenvalue weighted by Gasteiger charge is 2.04. The summed E-state index contributed by atoms with van der Waals surface area (Å²) < 4.78 is 23.9. The molecule has 0 aromatic heterocycles. The Hall–Kier alpha value is -0.920. The molecule has 2 heteroatoms. The van der Waals surface area contributed by atoms with E-state index in [9.17, 15) is 8.78 Å². The fraction of sp³-hybridized carbons (Fsp3) is 0.250. The van der Waals surface area contributed by atoms with Crippen molar-refractivity contribution < 1.29 is 8.78 Å². The maximum absolute atomic E-state index is 11.9. The first-order valence-corrected chi connectivity index (χ1v) is 2.96. The molecular weight excluding hydrogens is 134 g/mol. The molecule has 0 unspecified atom stereocenters. The van der Waals surface area contributed by atoms with Gasteiger partial charge >= 0.3 is 0 Å². The summed E-state index contributed by atoms with van der Waals surface area (Å²) >= 11 is 0. The maximum Gasteiger partial charge on any atom is 0.263 e. The van der Waals surface area contributed by atoms with Crippen molar-refractivity contribution in [3.8, 4) is 0 Å². The molecule has 1 rings (SSSR count). The van der Waals surface area contributed by atoms with Gasteiger partial charge in [-0.1, -0.05) is 12.1 Å². The van der Waals surface area contributed by atoms with Crippen molar-refractivity contribution in [3.05, 3.63) is 35.4 Å². The van der Waals surface area contributed by atoms with Gasteiger partial charge in [0.25, 0.3) is 6.43 Å². The smallest absolute Gasteiger partial charge is 0.205 e. The zero-order valence-electron chi connectivity index (χ0n) is 5.57. The van der Waals surface area contributed by atoms with E-state index in [1.165, 1.54) is 18.2 Å². The average molecular weight is 141 g/mol. The van der Waals surface area contributed by atoms with Crippen LogP contribution in [-0.4, -0.2) is 0 Å². The minimum absolute atomic E-state index is 0.0660. The standard InChI is InChI=1S/C8H7F2/c1-6-3-2-4-7(5-6)8(9)10/h2,4-5,8H,1H3. The third-order valence-electron chi connectivity index (χ3n) is 1.22. The first kappa shape index (κ1) is 7.19. The molecule has 0 heterocycles. The van der Waals surface area contributed by atoms with Crippen molar-refractivity contribution >= 4 is 0 Å². The van der Waals surface area contributed by atoms with Gasteiger partial charge in [0.05, 0.1) is 0 Å². The fourth-order valence-electron chi connectivity index (χ4n) is 0.745. The SMILES string of the molecule is Cc1[c]ccc(C(F)F)c1. The molecule has 0 saturated carbocycles. The number of rotatable bonds is 1. The van der Waals surface area contributed by atoms with Gasteiger partial charge in [-0.2, -0.15) is 0 Å². The molecule has 0 aliphatic carbocycles. The van der Waals surface area contributed by atoms with Crippen molar-refractivity contribution in [2.45, 2.75) is 13.3 Å². The first-order chi connectivity index (χ1) is 4.70. The highest BCUT2D eigenvalue weighted by atomic mass is 19.3. The van der Waals surface area contributed by atoms with Crippen LogP contribution in [0.5, 0.6) is 0 Å². The number of aryl methyl sites for hydroxylation is 1. The lowest BCUT2D eigenvalue weighted by atomic mass is 10.1. The normalized spacial score (nSPS) is 10.4. The number of hydrogen-bond donors (Lipinski definition) is 0. The molecule has 0 amide bonds. The topological polar surface area (TPSA) is 0 Å². The molecule has 1 aromatic carbocycles. The van der Waals surface area contributed by atoms with Crippen molar-refractivity contribution in [2.24, 2.45) is 0 Å². The van der Waals surface area contributed by atoms with Crippen LogP contribution in [0.4, 0.5) is 8.78 Å². The molecule has 0 saturated heterocycles. The molecular formula is C8H7F2.